The lowest BCUT2D eigenvalue weighted by molar-refractivity contribution is -0.121. The van der Waals surface area contributed by atoms with Gasteiger partial charge in [0.25, 0.3) is 5.91 Å². The average molecular weight is 468 g/mol. The highest BCUT2D eigenvalue weighted by atomic mass is 35.5. The molecule has 2 N–H and O–H groups in total. The van der Waals surface area contributed by atoms with E-state index in [-0.39, 0.29) is 5.91 Å². The summed E-state index contributed by atoms with van der Waals surface area (Å²) in [6.45, 7) is 3.19. The molecule has 1 aliphatic rings. The number of aromatic nitrogens is 2. The predicted molar refractivity (Wildman–Crippen MR) is 131 cm³/mol. The fraction of sp³-hybridized carbons (Fsp3) is 0.292. The van der Waals surface area contributed by atoms with Crippen molar-refractivity contribution in [3.8, 4) is 0 Å². The van der Waals surface area contributed by atoms with Gasteiger partial charge in [-0.25, -0.2) is 9.97 Å². The maximum absolute atomic E-state index is 13.2. The number of anilines is 2. The van der Waals surface area contributed by atoms with Gasteiger partial charge in [-0.15, -0.1) is 0 Å². The van der Waals surface area contributed by atoms with E-state index in [2.05, 4.69) is 34.7 Å². The molecule has 0 saturated carbocycles. The summed E-state index contributed by atoms with van der Waals surface area (Å²) in [5.74, 6) is 1.45. The third-order valence-corrected chi connectivity index (χ3v) is 6.45. The molecule has 0 radical (unpaired) electrons. The summed E-state index contributed by atoms with van der Waals surface area (Å²) in [4.78, 5) is 24.3. The van der Waals surface area contributed by atoms with E-state index in [0.29, 0.717) is 34.9 Å². The van der Waals surface area contributed by atoms with Gasteiger partial charge < -0.3 is 15.5 Å². The van der Waals surface area contributed by atoms with Crippen molar-refractivity contribution >= 4 is 40.8 Å². The van der Waals surface area contributed by atoms with E-state index in [1.807, 2.05) is 53.4 Å². The van der Waals surface area contributed by atoms with Gasteiger partial charge in [0, 0.05) is 18.8 Å². The average Bonchev–Trinajstić information content (AvgIpc) is 3.18. The van der Waals surface area contributed by atoms with Crippen molar-refractivity contribution in [1.82, 2.24) is 15.3 Å². The largest absolute Gasteiger partial charge is 0.352 e. The third-order valence-electron chi connectivity index (χ3n) is 5.13. The molecule has 8 heteroatoms. The Morgan fingerprint density at radius 1 is 1.09 bits per heavy atom. The summed E-state index contributed by atoms with van der Waals surface area (Å²) >= 11 is 8.06. The number of nitrogens with zero attached hydrogens (tertiary/aromatic N) is 3. The highest BCUT2D eigenvalue weighted by molar-refractivity contribution is 7.99. The van der Waals surface area contributed by atoms with Gasteiger partial charge >= 0.3 is 0 Å². The van der Waals surface area contributed by atoms with Crippen LogP contribution >= 0.6 is 23.4 Å². The summed E-state index contributed by atoms with van der Waals surface area (Å²) in [7, 11) is 0. The maximum Gasteiger partial charge on any atom is 0.263 e. The van der Waals surface area contributed by atoms with Crippen molar-refractivity contribution in [2.75, 3.05) is 22.5 Å². The van der Waals surface area contributed by atoms with Crippen LogP contribution in [-0.4, -0.2) is 34.3 Å². The summed E-state index contributed by atoms with van der Waals surface area (Å²) < 4.78 is 0. The van der Waals surface area contributed by atoms with Crippen molar-refractivity contribution in [3.63, 3.8) is 0 Å². The number of halogens is 1. The number of rotatable bonds is 9. The molecule has 6 nitrogen and oxygen atoms in total. The molecule has 1 aromatic heterocycles. The van der Waals surface area contributed by atoms with E-state index in [0.717, 1.165) is 24.2 Å². The van der Waals surface area contributed by atoms with Crippen LogP contribution in [0.4, 0.5) is 11.5 Å². The fourth-order valence-corrected chi connectivity index (χ4v) is 4.52. The number of hydrogen-bond donors (Lipinski definition) is 2. The van der Waals surface area contributed by atoms with Gasteiger partial charge in [-0.05, 0) is 24.0 Å². The summed E-state index contributed by atoms with van der Waals surface area (Å²) in [5.41, 5.74) is 2.87. The van der Waals surface area contributed by atoms with Crippen LogP contribution in [0, 0.1) is 0 Å². The Morgan fingerprint density at radius 2 is 1.78 bits per heavy atom. The molecule has 2 heterocycles. The molecule has 166 valence electrons. The monoisotopic (exact) mass is 467 g/mol. The summed E-state index contributed by atoms with van der Waals surface area (Å²) in [6.07, 6.45) is 1.17. The Hall–Kier alpha value is -2.77. The third kappa shape index (κ3) is 5.34. The highest BCUT2D eigenvalue weighted by Gasteiger charge is 2.37. The Balaban J connectivity index is 1.54. The lowest BCUT2D eigenvalue weighted by atomic mass is 10.1. The maximum atomic E-state index is 13.2. The Morgan fingerprint density at radius 3 is 2.47 bits per heavy atom. The van der Waals surface area contributed by atoms with E-state index in [4.69, 9.17) is 16.6 Å². The molecule has 1 amide bonds. The zero-order valence-corrected chi connectivity index (χ0v) is 19.5. The van der Waals surface area contributed by atoms with Gasteiger partial charge in [-0.3, -0.25) is 4.79 Å². The topological polar surface area (TPSA) is 70.2 Å². The van der Waals surface area contributed by atoms with E-state index < -0.39 is 6.17 Å². The number of carbonyl (C=O) groups is 1. The number of amides is 1. The van der Waals surface area contributed by atoms with Crippen molar-refractivity contribution in [2.24, 2.45) is 0 Å². The number of nitrogens with one attached hydrogen (secondary N) is 2. The standard InChI is InChI=1S/C24H26ClN5OS/c1-2-15-32-24-28-20(25)19-21(29-24)30(16-18-11-7-4-8-12-18)22(27-19)23(31)26-14-13-17-9-5-3-6-10-17/h3-12,22,27H,2,13-16H2,1H3,(H,26,31). The molecule has 1 atom stereocenters. The predicted octanol–water partition coefficient (Wildman–Crippen LogP) is 4.75. The number of hydrogen-bond acceptors (Lipinski definition) is 6. The number of fused-ring (bicyclic) bond motifs is 1. The van der Waals surface area contributed by atoms with Crippen LogP contribution in [0.3, 0.4) is 0 Å². The van der Waals surface area contributed by atoms with Gasteiger partial charge in [0.1, 0.15) is 5.69 Å². The molecule has 0 aliphatic carbocycles. The molecule has 2 aromatic carbocycles. The van der Waals surface area contributed by atoms with Gasteiger partial charge in [-0.2, -0.15) is 0 Å². The van der Waals surface area contributed by atoms with Crippen LogP contribution in [0.25, 0.3) is 0 Å². The van der Waals surface area contributed by atoms with Gasteiger partial charge in [0.15, 0.2) is 22.3 Å². The first-order chi connectivity index (χ1) is 15.7. The van der Waals surface area contributed by atoms with Crippen molar-refractivity contribution in [1.29, 1.82) is 0 Å². The minimum atomic E-state index is -0.612. The van der Waals surface area contributed by atoms with Crippen LogP contribution in [0.15, 0.2) is 65.8 Å². The molecule has 0 fully saturated rings. The summed E-state index contributed by atoms with van der Waals surface area (Å²) in [5, 5.41) is 7.27. The van der Waals surface area contributed by atoms with Crippen LogP contribution in [0.5, 0.6) is 0 Å². The van der Waals surface area contributed by atoms with E-state index >= 15 is 0 Å². The lowest BCUT2D eigenvalue weighted by Gasteiger charge is -2.25. The fourth-order valence-electron chi connectivity index (χ4n) is 3.56. The molecule has 1 aliphatic heterocycles. The Kier molecular flexibility index (Phi) is 7.50. The minimum absolute atomic E-state index is 0.117. The quantitative estimate of drug-likeness (QED) is 0.269. The van der Waals surface area contributed by atoms with Crippen LogP contribution in [0.2, 0.25) is 5.15 Å². The Bertz CT molecular complexity index is 1050. The van der Waals surface area contributed by atoms with E-state index in [1.54, 1.807) is 11.8 Å². The minimum Gasteiger partial charge on any atom is -0.352 e. The van der Waals surface area contributed by atoms with Gasteiger partial charge in [-0.1, -0.05) is 91.0 Å². The van der Waals surface area contributed by atoms with Crippen LogP contribution in [-0.2, 0) is 17.8 Å². The molecule has 0 bridgehead atoms. The van der Waals surface area contributed by atoms with Gasteiger partial charge in [0.05, 0.1) is 0 Å². The highest BCUT2D eigenvalue weighted by Crippen LogP contribution is 2.39. The van der Waals surface area contributed by atoms with E-state index in [1.165, 1.54) is 5.56 Å². The molecule has 0 spiro atoms. The first-order valence-corrected chi connectivity index (χ1v) is 12.1. The molecule has 1 unspecified atom stereocenters. The molecule has 4 rings (SSSR count). The second kappa shape index (κ2) is 10.7. The first kappa shape index (κ1) is 22.4. The molecular formula is C24H26ClN5OS. The lowest BCUT2D eigenvalue weighted by Crippen LogP contribution is -2.48. The van der Waals surface area contributed by atoms with Crippen molar-refractivity contribution in [3.05, 3.63) is 76.9 Å². The molecular weight excluding hydrogens is 442 g/mol. The second-order valence-corrected chi connectivity index (χ2v) is 8.95. The molecule has 3 aromatic rings. The number of carbonyl (C=O) groups excluding carboxylic acids is 1. The first-order valence-electron chi connectivity index (χ1n) is 10.7. The zero-order chi connectivity index (χ0) is 22.3. The Labute approximate surface area is 197 Å². The van der Waals surface area contributed by atoms with Crippen LogP contribution in [0.1, 0.15) is 24.5 Å². The van der Waals surface area contributed by atoms with Crippen LogP contribution < -0.4 is 15.5 Å². The zero-order valence-electron chi connectivity index (χ0n) is 17.9. The number of thioether (sulfide) groups is 1. The second-order valence-electron chi connectivity index (χ2n) is 7.53. The van der Waals surface area contributed by atoms with E-state index in [9.17, 15) is 4.79 Å². The number of benzene rings is 2. The normalized spacial score (nSPS) is 14.7. The van der Waals surface area contributed by atoms with Crippen molar-refractivity contribution < 1.29 is 4.79 Å². The smallest absolute Gasteiger partial charge is 0.263 e. The summed E-state index contributed by atoms with van der Waals surface area (Å²) in [6, 6.07) is 20.1. The SMILES string of the molecule is CCCSc1nc(Cl)c2c(n1)N(Cc1ccccc1)C(C(=O)NCCc1ccccc1)N2. The van der Waals surface area contributed by atoms with Gasteiger partial charge in [0.2, 0.25) is 0 Å². The molecule has 32 heavy (non-hydrogen) atoms. The molecule has 0 saturated heterocycles. The van der Waals surface area contributed by atoms with Crippen molar-refractivity contribution in [2.45, 2.75) is 37.6 Å².